The molecule has 1 aliphatic rings. The molecule has 1 atom stereocenters. The van der Waals surface area contributed by atoms with Crippen LogP contribution in [0.1, 0.15) is 35.4 Å². The van der Waals surface area contributed by atoms with E-state index in [4.69, 9.17) is 16.6 Å². The number of nitrogens with zero attached hydrogens (tertiary/aromatic N) is 2. The highest BCUT2D eigenvalue weighted by Crippen LogP contribution is 2.47. The number of aryl methyl sites for hydroxylation is 1. The summed E-state index contributed by atoms with van der Waals surface area (Å²) in [5.41, 5.74) is 5.28. The Labute approximate surface area is 207 Å². The molecule has 1 saturated heterocycles. The van der Waals surface area contributed by atoms with E-state index in [0.29, 0.717) is 5.02 Å². The Kier molecular flexibility index (Phi) is 6.55. The zero-order valence-electron chi connectivity index (χ0n) is 19.8. The number of benzene rings is 3. The van der Waals surface area contributed by atoms with Gasteiger partial charge in [-0.1, -0.05) is 84.4 Å². The highest BCUT2D eigenvalue weighted by atomic mass is 35.5. The Morgan fingerprint density at radius 3 is 2.00 bits per heavy atom. The van der Waals surface area contributed by atoms with E-state index in [2.05, 4.69) is 89.7 Å². The van der Waals surface area contributed by atoms with Gasteiger partial charge in [0.1, 0.15) is 5.82 Å². The minimum atomic E-state index is -0.370. The third-order valence-corrected chi connectivity index (χ3v) is 7.42. The predicted molar refractivity (Wildman–Crippen MR) is 140 cm³/mol. The molecule has 0 bridgehead atoms. The topological polar surface area (TPSA) is 44.0 Å². The number of hydrogen-bond donors (Lipinski definition) is 2. The van der Waals surface area contributed by atoms with Gasteiger partial charge in [0.15, 0.2) is 0 Å². The fourth-order valence-electron chi connectivity index (χ4n) is 5.46. The van der Waals surface area contributed by atoms with Crippen molar-refractivity contribution in [3.63, 3.8) is 0 Å². The normalized spacial score (nSPS) is 16.5. The highest BCUT2D eigenvalue weighted by molar-refractivity contribution is 6.33. The minimum absolute atomic E-state index is 0.106. The third kappa shape index (κ3) is 4.18. The molecule has 34 heavy (non-hydrogen) atoms. The fraction of sp³-hybridized carbons (Fsp3) is 0.276. The van der Waals surface area contributed by atoms with Gasteiger partial charge >= 0.3 is 0 Å². The van der Waals surface area contributed by atoms with Gasteiger partial charge in [-0.15, -0.1) is 0 Å². The van der Waals surface area contributed by atoms with Gasteiger partial charge in [0, 0.05) is 43.4 Å². The van der Waals surface area contributed by atoms with Gasteiger partial charge in [0.2, 0.25) is 0 Å². The maximum absolute atomic E-state index is 6.56. The van der Waals surface area contributed by atoms with Crippen molar-refractivity contribution < 1.29 is 0 Å². The van der Waals surface area contributed by atoms with E-state index in [9.17, 15) is 0 Å². The van der Waals surface area contributed by atoms with Crippen molar-refractivity contribution in [2.24, 2.45) is 0 Å². The number of hydrogen-bond acceptors (Lipinski definition) is 3. The smallest absolute Gasteiger partial charge is 0.139 e. The summed E-state index contributed by atoms with van der Waals surface area (Å²) >= 11 is 6.56. The highest BCUT2D eigenvalue weighted by Gasteiger charge is 2.46. The SMILES string of the molecule is Cc1[nH]c(-c2ccccc2Cl)nc1C(C)(C(c1ccccc1)c1ccccc1)N1CCNCC1. The molecule has 4 aromatic rings. The van der Waals surface area contributed by atoms with E-state index in [0.717, 1.165) is 49.0 Å². The molecule has 4 nitrogen and oxygen atoms in total. The van der Waals surface area contributed by atoms with Crippen molar-refractivity contribution in [1.29, 1.82) is 0 Å². The van der Waals surface area contributed by atoms with Crippen molar-refractivity contribution in [3.8, 4) is 11.4 Å². The summed E-state index contributed by atoms with van der Waals surface area (Å²) in [6.07, 6.45) is 0. The number of halogens is 1. The fourth-order valence-corrected chi connectivity index (χ4v) is 5.69. The van der Waals surface area contributed by atoms with Crippen LogP contribution in [0.25, 0.3) is 11.4 Å². The quantitative estimate of drug-likeness (QED) is 0.363. The first-order valence-electron chi connectivity index (χ1n) is 12.0. The van der Waals surface area contributed by atoms with E-state index in [-0.39, 0.29) is 11.5 Å². The molecule has 5 heteroatoms. The molecule has 174 valence electrons. The Morgan fingerprint density at radius 1 is 0.853 bits per heavy atom. The maximum Gasteiger partial charge on any atom is 0.139 e. The molecule has 2 N–H and O–H groups in total. The summed E-state index contributed by atoms with van der Waals surface area (Å²) in [7, 11) is 0. The van der Waals surface area contributed by atoms with Crippen LogP contribution in [0.5, 0.6) is 0 Å². The average molecular weight is 471 g/mol. The summed E-state index contributed by atoms with van der Waals surface area (Å²) in [4.78, 5) is 11.4. The lowest BCUT2D eigenvalue weighted by Gasteiger charge is -2.48. The van der Waals surface area contributed by atoms with E-state index < -0.39 is 0 Å². The van der Waals surface area contributed by atoms with Crippen LogP contribution in [0.3, 0.4) is 0 Å². The second-order valence-electron chi connectivity index (χ2n) is 9.18. The number of nitrogens with one attached hydrogen (secondary N) is 2. The number of piperazine rings is 1. The standard InChI is InChI=1S/C29H31ClN4/c1-21-27(33-28(32-21)24-15-9-10-16-25(24)30)29(2,34-19-17-31-18-20-34)26(22-11-5-3-6-12-22)23-13-7-4-8-14-23/h3-16,26,31H,17-20H2,1-2H3,(H,32,33). The summed E-state index contributed by atoms with van der Waals surface area (Å²) in [5, 5.41) is 4.23. The molecule has 5 rings (SSSR count). The summed E-state index contributed by atoms with van der Waals surface area (Å²) < 4.78 is 0. The molecule has 2 heterocycles. The maximum atomic E-state index is 6.56. The Balaban J connectivity index is 1.73. The van der Waals surface area contributed by atoms with Crippen molar-refractivity contribution in [2.45, 2.75) is 25.3 Å². The zero-order valence-corrected chi connectivity index (χ0v) is 20.5. The van der Waals surface area contributed by atoms with Gasteiger partial charge in [0.05, 0.1) is 16.3 Å². The van der Waals surface area contributed by atoms with E-state index in [1.165, 1.54) is 11.1 Å². The molecule has 0 amide bonds. The molecular formula is C29H31ClN4. The van der Waals surface area contributed by atoms with Crippen LogP contribution < -0.4 is 5.32 Å². The molecule has 1 fully saturated rings. The molecule has 3 aromatic carbocycles. The van der Waals surface area contributed by atoms with Crippen LogP contribution in [0.15, 0.2) is 84.9 Å². The lowest BCUT2D eigenvalue weighted by Crippen LogP contribution is -2.56. The predicted octanol–water partition coefficient (Wildman–Crippen LogP) is 5.99. The number of aromatic nitrogens is 2. The van der Waals surface area contributed by atoms with Crippen LogP contribution in [-0.4, -0.2) is 41.0 Å². The van der Waals surface area contributed by atoms with Crippen molar-refractivity contribution in [3.05, 3.63) is 112 Å². The van der Waals surface area contributed by atoms with Crippen molar-refractivity contribution in [1.82, 2.24) is 20.2 Å². The number of H-pyrrole nitrogens is 1. The van der Waals surface area contributed by atoms with Crippen molar-refractivity contribution in [2.75, 3.05) is 26.2 Å². The lowest BCUT2D eigenvalue weighted by atomic mass is 9.72. The molecule has 0 aliphatic carbocycles. The van der Waals surface area contributed by atoms with Crippen LogP contribution in [-0.2, 0) is 5.54 Å². The molecule has 0 spiro atoms. The second kappa shape index (κ2) is 9.75. The minimum Gasteiger partial charge on any atom is -0.342 e. The summed E-state index contributed by atoms with van der Waals surface area (Å²) in [6, 6.07) is 29.6. The summed E-state index contributed by atoms with van der Waals surface area (Å²) in [6.45, 7) is 8.35. The third-order valence-electron chi connectivity index (χ3n) is 7.09. The van der Waals surface area contributed by atoms with Gasteiger partial charge in [-0.25, -0.2) is 4.98 Å². The Morgan fingerprint density at radius 2 is 1.41 bits per heavy atom. The molecule has 1 aromatic heterocycles. The van der Waals surface area contributed by atoms with Crippen LogP contribution in [0.4, 0.5) is 0 Å². The van der Waals surface area contributed by atoms with E-state index >= 15 is 0 Å². The van der Waals surface area contributed by atoms with Gasteiger partial charge in [-0.2, -0.15) is 0 Å². The Bertz CT molecular complexity index is 1190. The first-order chi connectivity index (χ1) is 16.6. The molecular weight excluding hydrogens is 440 g/mol. The zero-order chi connectivity index (χ0) is 23.5. The Hall–Kier alpha value is -2.92. The molecule has 0 radical (unpaired) electrons. The number of rotatable bonds is 6. The number of aromatic amines is 1. The van der Waals surface area contributed by atoms with Crippen molar-refractivity contribution >= 4 is 11.6 Å². The van der Waals surface area contributed by atoms with E-state index in [1.54, 1.807) is 0 Å². The first-order valence-corrected chi connectivity index (χ1v) is 12.3. The molecule has 1 aliphatic heterocycles. The average Bonchev–Trinajstić information content (AvgIpc) is 3.28. The monoisotopic (exact) mass is 470 g/mol. The second-order valence-corrected chi connectivity index (χ2v) is 9.59. The van der Waals surface area contributed by atoms with Gasteiger partial charge in [-0.05, 0) is 37.1 Å². The van der Waals surface area contributed by atoms with Crippen LogP contribution in [0, 0.1) is 6.92 Å². The lowest BCUT2D eigenvalue weighted by molar-refractivity contribution is 0.0673. The molecule has 1 unspecified atom stereocenters. The summed E-state index contributed by atoms with van der Waals surface area (Å²) in [5.74, 6) is 0.924. The van der Waals surface area contributed by atoms with Gasteiger partial charge in [-0.3, -0.25) is 4.90 Å². The van der Waals surface area contributed by atoms with Crippen LogP contribution >= 0.6 is 11.6 Å². The van der Waals surface area contributed by atoms with Gasteiger partial charge in [0.25, 0.3) is 0 Å². The largest absolute Gasteiger partial charge is 0.342 e. The van der Waals surface area contributed by atoms with Crippen LogP contribution in [0.2, 0.25) is 5.02 Å². The van der Waals surface area contributed by atoms with Gasteiger partial charge < -0.3 is 10.3 Å². The first kappa shape index (κ1) is 22.9. The van der Waals surface area contributed by atoms with E-state index in [1.807, 2.05) is 24.3 Å². The molecule has 0 saturated carbocycles. The number of imidazole rings is 1.